The normalized spacial score (nSPS) is 10.9. The van der Waals surface area contributed by atoms with Crippen LogP contribution >= 0.6 is 11.6 Å². The lowest BCUT2D eigenvalue weighted by Gasteiger charge is -2.08. The van der Waals surface area contributed by atoms with E-state index in [2.05, 4.69) is 4.98 Å². The number of aromatic amines is 1. The molecule has 1 aromatic carbocycles. The van der Waals surface area contributed by atoms with Crippen LogP contribution in [0, 0.1) is 6.92 Å². The van der Waals surface area contributed by atoms with E-state index in [1.807, 2.05) is 19.1 Å². The first-order valence-corrected chi connectivity index (χ1v) is 5.53. The fraction of sp³-hybridized carbons (Fsp3) is 0.250. The predicted molar refractivity (Wildman–Crippen MR) is 67.1 cm³/mol. The molecule has 1 heterocycles. The van der Waals surface area contributed by atoms with Gasteiger partial charge in [-0.25, -0.2) is 0 Å². The maximum absolute atomic E-state index is 11.8. The molecule has 0 aliphatic rings. The van der Waals surface area contributed by atoms with Gasteiger partial charge in [-0.3, -0.25) is 4.79 Å². The van der Waals surface area contributed by atoms with Crippen LogP contribution < -0.4 is 11.3 Å². The summed E-state index contributed by atoms with van der Waals surface area (Å²) in [4.78, 5) is 14.6. The number of nitrogens with two attached hydrogens (primary N) is 1. The summed E-state index contributed by atoms with van der Waals surface area (Å²) < 4.78 is 0. The zero-order valence-corrected chi connectivity index (χ0v) is 9.77. The summed E-state index contributed by atoms with van der Waals surface area (Å²) >= 11 is 6.04. The average Bonchev–Trinajstić information content (AvgIpc) is 2.26. The van der Waals surface area contributed by atoms with Crippen molar-refractivity contribution in [3.8, 4) is 0 Å². The van der Waals surface area contributed by atoms with Crippen molar-refractivity contribution in [2.75, 3.05) is 6.54 Å². The molecule has 2 aromatic rings. The molecular formula is C12H13ClN2O. The highest BCUT2D eigenvalue weighted by molar-refractivity contribution is 6.35. The maximum atomic E-state index is 11.8. The molecule has 0 unspecified atom stereocenters. The number of fused-ring (bicyclic) bond motifs is 1. The van der Waals surface area contributed by atoms with Gasteiger partial charge in [0.25, 0.3) is 5.56 Å². The number of H-pyrrole nitrogens is 1. The maximum Gasteiger partial charge on any atom is 0.251 e. The van der Waals surface area contributed by atoms with Crippen LogP contribution in [0.1, 0.15) is 11.1 Å². The molecule has 0 spiro atoms. The zero-order valence-electron chi connectivity index (χ0n) is 9.01. The third-order valence-electron chi connectivity index (χ3n) is 2.78. The first-order valence-electron chi connectivity index (χ1n) is 5.15. The standard InChI is InChI=1S/C12H13ClN2O/c1-7-8-3-2-4-10(13)11(8)15-12(16)9(7)5-6-14/h2-4H,5-6,14H2,1H3,(H,15,16). The largest absolute Gasteiger partial charge is 0.330 e. The molecule has 1 aromatic heterocycles. The van der Waals surface area contributed by atoms with Gasteiger partial charge in [0, 0.05) is 10.9 Å². The quantitative estimate of drug-likeness (QED) is 0.838. The number of rotatable bonds is 2. The highest BCUT2D eigenvalue weighted by atomic mass is 35.5. The summed E-state index contributed by atoms with van der Waals surface area (Å²) in [6.45, 7) is 2.40. The van der Waals surface area contributed by atoms with E-state index in [1.54, 1.807) is 6.07 Å². The van der Waals surface area contributed by atoms with Crippen LogP contribution in [-0.2, 0) is 6.42 Å². The van der Waals surface area contributed by atoms with Gasteiger partial charge in [-0.05, 0) is 31.5 Å². The van der Waals surface area contributed by atoms with Crippen molar-refractivity contribution in [2.24, 2.45) is 5.73 Å². The minimum atomic E-state index is -0.0939. The number of hydrogen-bond donors (Lipinski definition) is 2. The van der Waals surface area contributed by atoms with Crippen molar-refractivity contribution in [2.45, 2.75) is 13.3 Å². The van der Waals surface area contributed by atoms with Crippen LogP contribution in [0.5, 0.6) is 0 Å². The van der Waals surface area contributed by atoms with Gasteiger partial charge in [0.05, 0.1) is 10.5 Å². The highest BCUT2D eigenvalue weighted by Gasteiger charge is 2.09. The van der Waals surface area contributed by atoms with E-state index in [4.69, 9.17) is 17.3 Å². The molecule has 0 atom stereocenters. The number of para-hydroxylation sites is 1. The minimum absolute atomic E-state index is 0.0939. The van der Waals surface area contributed by atoms with Crippen LogP contribution in [0.4, 0.5) is 0 Å². The SMILES string of the molecule is Cc1c(CCN)c(=O)[nH]c2c(Cl)cccc12. The molecule has 3 nitrogen and oxygen atoms in total. The predicted octanol–water partition coefficient (Wildman–Crippen LogP) is 1.99. The van der Waals surface area contributed by atoms with Crippen molar-refractivity contribution < 1.29 is 0 Å². The summed E-state index contributed by atoms with van der Waals surface area (Å²) in [6, 6.07) is 5.59. The molecule has 16 heavy (non-hydrogen) atoms. The third-order valence-corrected chi connectivity index (χ3v) is 3.09. The highest BCUT2D eigenvalue weighted by Crippen LogP contribution is 2.23. The molecular weight excluding hydrogens is 224 g/mol. The third kappa shape index (κ3) is 1.72. The summed E-state index contributed by atoms with van der Waals surface area (Å²) in [6.07, 6.45) is 0.587. The lowest BCUT2D eigenvalue weighted by Crippen LogP contribution is -2.18. The van der Waals surface area contributed by atoms with Gasteiger partial charge < -0.3 is 10.7 Å². The van der Waals surface area contributed by atoms with E-state index in [1.165, 1.54) is 0 Å². The van der Waals surface area contributed by atoms with E-state index >= 15 is 0 Å². The first-order chi connectivity index (χ1) is 7.65. The van der Waals surface area contributed by atoms with E-state index in [9.17, 15) is 4.79 Å². The van der Waals surface area contributed by atoms with Crippen LogP contribution in [0.25, 0.3) is 10.9 Å². The molecule has 0 aliphatic carbocycles. The Morgan fingerprint density at radius 2 is 2.19 bits per heavy atom. The van der Waals surface area contributed by atoms with Crippen molar-refractivity contribution in [1.29, 1.82) is 0 Å². The lowest BCUT2D eigenvalue weighted by atomic mass is 10.0. The van der Waals surface area contributed by atoms with Gasteiger partial charge in [-0.1, -0.05) is 23.7 Å². The Morgan fingerprint density at radius 3 is 2.88 bits per heavy atom. The van der Waals surface area contributed by atoms with Crippen LogP contribution in [0.15, 0.2) is 23.0 Å². The van der Waals surface area contributed by atoms with E-state index in [-0.39, 0.29) is 5.56 Å². The summed E-state index contributed by atoms with van der Waals surface area (Å²) in [5, 5.41) is 1.55. The zero-order chi connectivity index (χ0) is 11.7. The minimum Gasteiger partial charge on any atom is -0.330 e. The Hall–Kier alpha value is -1.32. The van der Waals surface area contributed by atoms with Gasteiger partial charge in [0.1, 0.15) is 0 Å². The summed E-state index contributed by atoms with van der Waals surface area (Å²) in [5.74, 6) is 0. The number of aryl methyl sites for hydroxylation is 1. The van der Waals surface area contributed by atoms with Crippen molar-refractivity contribution >= 4 is 22.5 Å². The van der Waals surface area contributed by atoms with E-state index in [0.717, 1.165) is 16.5 Å². The van der Waals surface area contributed by atoms with Gasteiger partial charge in [-0.2, -0.15) is 0 Å². The Balaban J connectivity index is 2.84. The van der Waals surface area contributed by atoms with Gasteiger partial charge in [-0.15, -0.1) is 0 Å². The second-order valence-electron chi connectivity index (χ2n) is 3.76. The fourth-order valence-electron chi connectivity index (χ4n) is 1.93. The number of hydrogen-bond acceptors (Lipinski definition) is 2. The Labute approximate surface area is 98.2 Å². The molecule has 2 rings (SSSR count). The molecule has 0 bridgehead atoms. The van der Waals surface area contributed by atoms with Crippen LogP contribution in [0.2, 0.25) is 5.02 Å². The van der Waals surface area contributed by atoms with E-state index < -0.39 is 0 Å². The molecule has 0 amide bonds. The smallest absolute Gasteiger partial charge is 0.251 e. The van der Waals surface area contributed by atoms with Gasteiger partial charge in [0.2, 0.25) is 0 Å². The average molecular weight is 237 g/mol. The summed E-state index contributed by atoms with van der Waals surface area (Å²) in [7, 11) is 0. The molecule has 0 aliphatic heterocycles. The van der Waals surface area contributed by atoms with E-state index in [0.29, 0.717) is 23.5 Å². The molecule has 4 heteroatoms. The molecule has 0 radical (unpaired) electrons. The number of benzene rings is 1. The monoisotopic (exact) mass is 236 g/mol. The Morgan fingerprint density at radius 1 is 1.44 bits per heavy atom. The molecule has 0 saturated carbocycles. The van der Waals surface area contributed by atoms with Gasteiger partial charge in [0.15, 0.2) is 0 Å². The molecule has 0 fully saturated rings. The molecule has 3 N–H and O–H groups in total. The number of aromatic nitrogens is 1. The molecule has 84 valence electrons. The van der Waals surface area contributed by atoms with Crippen molar-refractivity contribution in [1.82, 2.24) is 4.98 Å². The second kappa shape index (κ2) is 4.28. The second-order valence-corrected chi connectivity index (χ2v) is 4.17. The molecule has 0 saturated heterocycles. The fourth-order valence-corrected chi connectivity index (χ4v) is 2.15. The van der Waals surface area contributed by atoms with Crippen LogP contribution in [-0.4, -0.2) is 11.5 Å². The topological polar surface area (TPSA) is 58.9 Å². The summed E-state index contributed by atoms with van der Waals surface area (Å²) in [5.41, 5.74) is 7.81. The first kappa shape index (κ1) is 11.2. The Kier molecular flexibility index (Phi) is 2.99. The number of nitrogens with one attached hydrogen (secondary N) is 1. The van der Waals surface area contributed by atoms with Crippen molar-refractivity contribution in [3.63, 3.8) is 0 Å². The van der Waals surface area contributed by atoms with Crippen LogP contribution in [0.3, 0.4) is 0 Å². The number of pyridine rings is 1. The number of halogens is 1. The lowest BCUT2D eigenvalue weighted by molar-refractivity contribution is 0.938. The Bertz CT molecular complexity index is 589. The van der Waals surface area contributed by atoms with Crippen molar-refractivity contribution in [3.05, 3.63) is 44.7 Å². The van der Waals surface area contributed by atoms with Gasteiger partial charge >= 0.3 is 0 Å².